The summed E-state index contributed by atoms with van der Waals surface area (Å²) in [6.45, 7) is 0.701. The van der Waals surface area contributed by atoms with Gasteiger partial charge in [-0.05, 0) is 30.2 Å². The predicted octanol–water partition coefficient (Wildman–Crippen LogP) is 0.786. The fraction of sp³-hybridized carbons (Fsp3) is 0.455. The summed E-state index contributed by atoms with van der Waals surface area (Å²) in [7, 11) is 3.28. The van der Waals surface area contributed by atoms with Gasteiger partial charge in [0.05, 0.1) is 21.0 Å². The predicted molar refractivity (Wildman–Crippen MR) is 58.3 cm³/mol. The highest BCUT2D eigenvalue weighted by Crippen LogP contribution is 2.23. The highest BCUT2D eigenvalue weighted by atomic mass is 16.5. The molecule has 0 aromatic heterocycles. The number of ether oxygens (including phenoxy) is 2. The average Bonchev–Trinajstić information content (AvgIpc) is 2.29. The number of methoxy groups -OCH3 is 2. The van der Waals surface area contributed by atoms with E-state index in [-0.39, 0.29) is 6.73 Å². The number of benzene rings is 1. The van der Waals surface area contributed by atoms with Gasteiger partial charge in [-0.15, -0.1) is 0 Å². The minimum absolute atomic E-state index is 0.00765. The first-order valence-electron chi connectivity index (χ1n) is 4.84. The van der Waals surface area contributed by atoms with E-state index < -0.39 is 0 Å². The fourth-order valence-corrected chi connectivity index (χ4v) is 1.38. The van der Waals surface area contributed by atoms with Gasteiger partial charge in [0.2, 0.25) is 0 Å². The maximum Gasteiger partial charge on any atom is 0.122 e. The quantitative estimate of drug-likeness (QED) is 0.539. The van der Waals surface area contributed by atoms with Crippen LogP contribution in [0, 0.1) is 0 Å². The third-order valence-electron chi connectivity index (χ3n) is 2.17. The van der Waals surface area contributed by atoms with Crippen LogP contribution in [0.25, 0.3) is 0 Å². The van der Waals surface area contributed by atoms with Crippen LogP contribution in [0.1, 0.15) is 5.56 Å². The molecule has 2 N–H and O–H groups in total. The van der Waals surface area contributed by atoms with Gasteiger partial charge in [0.15, 0.2) is 0 Å². The van der Waals surface area contributed by atoms with Gasteiger partial charge in [0, 0.05) is 6.54 Å². The molecule has 0 unspecified atom stereocenters. The fourth-order valence-electron chi connectivity index (χ4n) is 1.38. The van der Waals surface area contributed by atoms with E-state index in [1.54, 1.807) is 14.2 Å². The first kappa shape index (κ1) is 11.8. The topological polar surface area (TPSA) is 50.7 Å². The number of hydrogen-bond donors (Lipinski definition) is 2. The smallest absolute Gasteiger partial charge is 0.122 e. The molecule has 0 heterocycles. The Morgan fingerprint density at radius 2 is 2.07 bits per heavy atom. The lowest BCUT2D eigenvalue weighted by molar-refractivity contribution is 0.261. The van der Waals surface area contributed by atoms with Crippen LogP contribution >= 0.6 is 0 Å². The van der Waals surface area contributed by atoms with Crippen molar-refractivity contribution in [3.63, 3.8) is 0 Å². The molecule has 0 aliphatic heterocycles. The Kier molecular flexibility index (Phi) is 4.93. The minimum atomic E-state index is -0.00765. The molecule has 0 spiro atoms. The standard InChI is InChI=1S/C11H17NO3/c1-14-10-3-4-11(15-2)9(7-10)5-6-12-8-13/h3-4,7,12-13H,5-6,8H2,1-2H3. The lowest BCUT2D eigenvalue weighted by Crippen LogP contribution is -2.18. The van der Waals surface area contributed by atoms with Crippen LogP contribution in [-0.2, 0) is 6.42 Å². The number of aliphatic hydroxyl groups is 1. The van der Waals surface area contributed by atoms with Crippen molar-refractivity contribution in [2.45, 2.75) is 6.42 Å². The molecular formula is C11H17NO3. The zero-order chi connectivity index (χ0) is 11.1. The van der Waals surface area contributed by atoms with Gasteiger partial charge < -0.3 is 14.6 Å². The molecule has 0 radical (unpaired) electrons. The molecule has 0 amide bonds. The van der Waals surface area contributed by atoms with E-state index in [9.17, 15) is 0 Å². The minimum Gasteiger partial charge on any atom is -0.497 e. The first-order chi connectivity index (χ1) is 7.31. The Morgan fingerprint density at radius 1 is 1.27 bits per heavy atom. The van der Waals surface area contributed by atoms with E-state index in [4.69, 9.17) is 14.6 Å². The zero-order valence-electron chi connectivity index (χ0n) is 9.12. The lowest BCUT2D eigenvalue weighted by atomic mass is 10.1. The highest BCUT2D eigenvalue weighted by Gasteiger charge is 2.04. The molecule has 0 saturated carbocycles. The Balaban J connectivity index is 2.72. The second-order valence-electron chi connectivity index (χ2n) is 3.09. The molecule has 4 heteroatoms. The molecule has 0 fully saturated rings. The number of aliphatic hydroxyl groups excluding tert-OH is 1. The highest BCUT2D eigenvalue weighted by molar-refractivity contribution is 5.40. The average molecular weight is 211 g/mol. The van der Waals surface area contributed by atoms with E-state index >= 15 is 0 Å². The lowest BCUT2D eigenvalue weighted by Gasteiger charge is -2.10. The third-order valence-corrected chi connectivity index (χ3v) is 2.17. The van der Waals surface area contributed by atoms with Gasteiger partial charge in [0.1, 0.15) is 11.5 Å². The monoisotopic (exact) mass is 211 g/mol. The Morgan fingerprint density at radius 3 is 2.67 bits per heavy atom. The van der Waals surface area contributed by atoms with Gasteiger partial charge in [-0.2, -0.15) is 0 Å². The second-order valence-corrected chi connectivity index (χ2v) is 3.09. The normalized spacial score (nSPS) is 10.1. The molecule has 0 bridgehead atoms. The van der Waals surface area contributed by atoms with Gasteiger partial charge >= 0.3 is 0 Å². The number of hydrogen-bond acceptors (Lipinski definition) is 4. The van der Waals surface area contributed by atoms with Crippen molar-refractivity contribution in [1.82, 2.24) is 5.32 Å². The molecule has 1 rings (SSSR count). The van der Waals surface area contributed by atoms with Crippen molar-refractivity contribution in [1.29, 1.82) is 0 Å². The molecule has 4 nitrogen and oxygen atoms in total. The molecule has 0 atom stereocenters. The van der Waals surface area contributed by atoms with E-state index in [2.05, 4.69) is 5.32 Å². The van der Waals surface area contributed by atoms with E-state index in [0.717, 1.165) is 23.5 Å². The maximum atomic E-state index is 8.60. The van der Waals surface area contributed by atoms with Crippen molar-refractivity contribution < 1.29 is 14.6 Å². The molecule has 0 aliphatic carbocycles. The first-order valence-corrected chi connectivity index (χ1v) is 4.84. The van der Waals surface area contributed by atoms with Crippen molar-refractivity contribution in [3.05, 3.63) is 23.8 Å². The van der Waals surface area contributed by atoms with Gasteiger partial charge in [-0.25, -0.2) is 0 Å². The van der Waals surface area contributed by atoms with Gasteiger partial charge in [-0.3, -0.25) is 5.32 Å². The summed E-state index contributed by atoms with van der Waals surface area (Å²) in [4.78, 5) is 0. The van der Waals surface area contributed by atoms with E-state index in [1.165, 1.54) is 0 Å². The molecule has 15 heavy (non-hydrogen) atoms. The van der Waals surface area contributed by atoms with Gasteiger partial charge in [-0.1, -0.05) is 0 Å². The molecular weight excluding hydrogens is 194 g/mol. The van der Waals surface area contributed by atoms with Crippen molar-refractivity contribution in [2.75, 3.05) is 27.5 Å². The number of rotatable bonds is 6. The molecule has 0 saturated heterocycles. The van der Waals surface area contributed by atoms with Crippen LogP contribution in [0.3, 0.4) is 0 Å². The largest absolute Gasteiger partial charge is 0.497 e. The number of nitrogens with one attached hydrogen (secondary N) is 1. The Hall–Kier alpha value is -1.26. The SMILES string of the molecule is COc1ccc(OC)c(CCNCO)c1. The van der Waals surface area contributed by atoms with E-state index in [1.807, 2.05) is 18.2 Å². The van der Waals surface area contributed by atoms with Crippen molar-refractivity contribution >= 4 is 0 Å². The van der Waals surface area contributed by atoms with Crippen LogP contribution in [-0.4, -0.2) is 32.6 Å². The molecule has 1 aromatic rings. The van der Waals surface area contributed by atoms with Gasteiger partial charge in [0.25, 0.3) is 0 Å². The summed E-state index contributed by atoms with van der Waals surface area (Å²) in [5, 5.41) is 11.4. The Labute approximate surface area is 89.8 Å². The Bertz CT molecular complexity index is 302. The summed E-state index contributed by atoms with van der Waals surface area (Å²) in [5.74, 6) is 1.66. The van der Waals surface area contributed by atoms with Crippen LogP contribution < -0.4 is 14.8 Å². The molecule has 0 aliphatic rings. The third kappa shape index (κ3) is 3.42. The zero-order valence-corrected chi connectivity index (χ0v) is 9.12. The molecule has 84 valence electrons. The van der Waals surface area contributed by atoms with Crippen LogP contribution in [0.15, 0.2) is 18.2 Å². The second kappa shape index (κ2) is 6.27. The molecule has 1 aromatic carbocycles. The summed E-state index contributed by atoms with van der Waals surface area (Å²) in [5.41, 5.74) is 1.07. The van der Waals surface area contributed by atoms with Crippen LogP contribution in [0.5, 0.6) is 11.5 Å². The van der Waals surface area contributed by atoms with Crippen molar-refractivity contribution in [3.8, 4) is 11.5 Å². The van der Waals surface area contributed by atoms with Crippen LogP contribution in [0.2, 0.25) is 0 Å². The summed E-state index contributed by atoms with van der Waals surface area (Å²) < 4.78 is 10.4. The van der Waals surface area contributed by atoms with E-state index in [0.29, 0.717) is 6.54 Å². The maximum absolute atomic E-state index is 8.60. The summed E-state index contributed by atoms with van der Waals surface area (Å²) in [6.07, 6.45) is 0.793. The van der Waals surface area contributed by atoms with Crippen LogP contribution in [0.4, 0.5) is 0 Å². The van der Waals surface area contributed by atoms with Crippen molar-refractivity contribution in [2.24, 2.45) is 0 Å². The summed E-state index contributed by atoms with van der Waals surface area (Å²) in [6, 6.07) is 5.69. The summed E-state index contributed by atoms with van der Waals surface area (Å²) >= 11 is 0.